The molecule has 2 rings (SSSR count). The molecule has 0 aliphatic heterocycles. The molecule has 0 atom stereocenters. The summed E-state index contributed by atoms with van der Waals surface area (Å²) < 4.78 is 4.72. The average molecular weight is 293 g/mol. The predicted molar refractivity (Wildman–Crippen MR) is 75.7 cm³/mol. The lowest BCUT2D eigenvalue weighted by molar-refractivity contribution is -0.141. The molecule has 1 heterocycles. The van der Waals surface area contributed by atoms with E-state index < -0.39 is 11.9 Å². The molecule has 1 aromatic carbocycles. The van der Waals surface area contributed by atoms with Crippen LogP contribution >= 0.6 is 11.6 Å². The molecule has 5 nitrogen and oxygen atoms in total. The first kappa shape index (κ1) is 14.3. The minimum Gasteiger partial charge on any atom is -0.465 e. The summed E-state index contributed by atoms with van der Waals surface area (Å²) in [5, 5.41) is 4.28. The summed E-state index contributed by atoms with van der Waals surface area (Å²) in [4.78, 5) is 27.1. The lowest BCUT2D eigenvalue weighted by Crippen LogP contribution is -2.31. The molecule has 104 valence electrons. The van der Waals surface area contributed by atoms with E-state index in [1.165, 1.54) is 0 Å². The van der Waals surface area contributed by atoms with Crippen LogP contribution in [-0.2, 0) is 9.53 Å². The second-order valence-electron chi connectivity index (χ2n) is 4.01. The highest BCUT2D eigenvalue weighted by molar-refractivity contribution is 6.34. The Morgan fingerprint density at radius 2 is 2.10 bits per heavy atom. The van der Waals surface area contributed by atoms with Crippen molar-refractivity contribution in [2.24, 2.45) is 0 Å². The van der Waals surface area contributed by atoms with E-state index in [0.717, 1.165) is 10.8 Å². The summed E-state index contributed by atoms with van der Waals surface area (Å²) in [6.07, 6.45) is 0. The van der Waals surface area contributed by atoms with E-state index >= 15 is 0 Å². The summed E-state index contributed by atoms with van der Waals surface area (Å²) in [5.74, 6) is -0.960. The van der Waals surface area contributed by atoms with Gasteiger partial charge in [0.15, 0.2) is 0 Å². The molecule has 0 unspecified atom stereocenters. The molecule has 20 heavy (non-hydrogen) atoms. The van der Waals surface area contributed by atoms with Gasteiger partial charge in [-0.2, -0.15) is 0 Å². The van der Waals surface area contributed by atoms with Crippen molar-refractivity contribution in [2.75, 3.05) is 13.2 Å². The molecule has 0 aliphatic carbocycles. The van der Waals surface area contributed by atoms with Gasteiger partial charge in [-0.25, -0.2) is 4.98 Å². The van der Waals surface area contributed by atoms with Gasteiger partial charge in [-0.15, -0.1) is 0 Å². The van der Waals surface area contributed by atoms with Gasteiger partial charge in [-0.05, 0) is 18.4 Å². The number of carbonyl (C=O) groups is 2. The van der Waals surface area contributed by atoms with Gasteiger partial charge in [-0.1, -0.05) is 35.9 Å². The highest BCUT2D eigenvalue weighted by atomic mass is 35.5. The summed E-state index contributed by atoms with van der Waals surface area (Å²) in [5.41, 5.74) is 0.165. The van der Waals surface area contributed by atoms with Crippen molar-refractivity contribution in [2.45, 2.75) is 6.92 Å². The van der Waals surface area contributed by atoms with Gasteiger partial charge >= 0.3 is 5.97 Å². The van der Waals surface area contributed by atoms with E-state index in [1.54, 1.807) is 13.0 Å². The van der Waals surface area contributed by atoms with Crippen LogP contribution < -0.4 is 5.32 Å². The summed E-state index contributed by atoms with van der Waals surface area (Å²) in [7, 11) is 0. The maximum absolute atomic E-state index is 11.9. The molecule has 0 bridgehead atoms. The Labute approximate surface area is 120 Å². The molecular formula is C14H13ClN2O3. The van der Waals surface area contributed by atoms with E-state index in [2.05, 4.69) is 10.3 Å². The number of hydrogen-bond donors (Lipinski definition) is 1. The van der Waals surface area contributed by atoms with Crippen LogP contribution in [0.4, 0.5) is 0 Å². The molecule has 1 N–H and O–H groups in total. The number of ether oxygens (including phenoxy) is 1. The third kappa shape index (κ3) is 3.24. The van der Waals surface area contributed by atoms with Crippen LogP contribution in [0.5, 0.6) is 0 Å². The Bertz CT molecular complexity index is 658. The van der Waals surface area contributed by atoms with Crippen molar-refractivity contribution in [1.29, 1.82) is 0 Å². The molecule has 1 amide bonds. The Hall–Kier alpha value is -2.14. The highest BCUT2D eigenvalue weighted by Crippen LogP contribution is 2.22. The van der Waals surface area contributed by atoms with E-state index in [1.807, 2.05) is 24.3 Å². The number of carbonyl (C=O) groups excluding carboxylic acids is 2. The lowest BCUT2D eigenvalue weighted by atomic mass is 10.1. The fraction of sp³-hybridized carbons (Fsp3) is 0.214. The minimum absolute atomic E-state index is 0.165. The largest absolute Gasteiger partial charge is 0.465 e. The lowest BCUT2D eigenvalue weighted by Gasteiger charge is -2.06. The van der Waals surface area contributed by atoms with E-state index in [4.69, 9.17) is 16.3 Å². The SMILES string of the molecule is CCOC(=O)CNC(=O)c1cc2ccccc2c(Cl)n1. The van der Waals surface area contributed by atoms with Gasteiger partial charge in [0.2, 0.25) is 0 Å². The molecule has 0 fully saturated rings. The first-order valence-corrected chi connectivity index (χ1v) is 6.48. The summed E-state index contributed by atoms with van der Waals surface area (Å²) >= 11 is 6.04. The molecule has 0 saturated carbocycles. The average Bonchev–Trinajstić information content (AvgIpc) is 2.45. The van der Waals surface area contributed by atoms with E-state index in [0.29, 0.717) is 0 Å². The number of fused-ring (bicyclic) bond motifs is 1. The predicted octanol–water partition coefficient (Wildman–Crippen LogP) is 2.18. The number of benzene rings is 1. The minimum atomic E-state index is -0.493. The Kier molecular flexibility index (Phi) is 4.53. The molecule has 0 aliphatic rings. The first-order chi connectivity index (χ1) is 9.61. The molecule has 0 saturated heterocycles. The fourth-order valence-corrected chi connectivity index (χ4v) is 1.99. The number of nitrogens with zero attached hydrogens (tertiary/aromatic N) is 1. The molecule has 1 aromatic heterocycles. The number of amides is 1. The van der Waals surface area contributed by atoms with Gasteiger partial charge < -0.3 is 10.1 Å². The maximum Gasteiger partial charge on any atom is 0.325 e. The van der Waals surface area contributed by atoms with E-state index in [9.17, 15) is 9.59 Å². The van der Waals surface area contributed by atoms with Gasteiger partial charge in [0, 0.05) is 5.39 Å². The Morgan fingerprint density at radius 1 is 1.35 bits per heavy atom. The van der Waals surface area contributed by atoms with Gasteiger partial charge in [-0.3, -0.25) is 9.59 Å². The zero-order chi connectivity index (χ0) is 14.5. The Balaban J connectivity index is 2.16. The number of nitrogens with one attached hydrogen (secondary N) is 1. The molecular weight excluding hydrogens is 280 g/mol. The standard InChI is InChI=1S/C14H13ClN2O3/c1-2-20-12(18)8-16-14(19)11-7-9-5-3-4-6-10(9)13(15)17-11/h3-7H,2,8H2,1H3,(H,16,19). The molecule has 0 spiro atoms. The highest BCUT2D eigenvalue weighted by Gasteiger charge is 2.12. The molecule has 2 aromatic rings. The Morgan fingerprint density at radius 3 is 2.85 bits per heavy atom. The molecule has 0 radical (unpaired) electrons. The number of pyridine rings is 1. The maximum atomic E-state index is 11.9. The van der Waals surface area contributed by atoms with Gasteiger partial charge in [0.1, 0.15) is 17.4 Å². The van der Waals surface area contributed by atoms with Crippen molar-refractivity contribution in [3.8, 4) is 0 Å². The van der Waals surface area contributed by atoms with Crippen LogP contribution in [-0.4, -0.2) is 30.0 Å². The third-order valence-corrected chi connectivity index (χ3v) is 2.91. The number of hydrogen-bond acceptors (Lipinski definition) is 4. The van der Waals surface area contributed by atoms with Crippen LogP contribution in [0, 0.1) is 0 Å². The second kappa shape index (κ2) is 6.34. The normalized spacial score (nSPS) is 10.3. The van der Waals surface area contributed by atoms with Crippen molar-refractivity contribution >= 4 is 34.2 Å². The van der Waals surface area contributed by atoms with Crippen molar-refractivity contribution < 1.29 is 14.3 Å². The van der Waals surface area contributed by atoms with Crippen molar-refractivity contribution in [3.63, 3.8) is 0 Å². The van der Waals surface area contributed by atoms with E-state index in [-0.39, 0.29) is 24.0 Å². The van der Waals surface area contributed by atoms with Crippen LogP contribution in [0.25, 0.3) is 10.8 Å². The zero-order valence-corrected chi connectivity index (χ0v) is 11.6. The van der Waals surface area contributed by atoms with Crippen molar-refractivity contribution in [1.82, 2.24) is 10.3 Å². The zero-order valence-electron chi connectivity index (χ0n) is 10.9. The van der Waals surface area contributed by atoms with Gasteiger partial charge in [0.25, 0.3) is 5.91 Å². The molecule has 6 heteroatoms. The summed E-state index contributed by atoms with van der Waals surface area (Å²) in [6, 6.07) is 8.98. The van der Waals surface area contributed by atoms with Crippen molar-refractivity contribution in [3.05, 3.63) is 41.2 Å². The summed E-state index contributed by atoms with van der Waals surface area (Å²) in [6.45, 7) is 1.78. The van der Waals surface area contributed by atoms with Gasteiger partial charge in [0.05, 0.1) is 6.61 Å². The number of esters is 1. The number of rotatable bonds is 4. The van der Waals surface area contributed by atoms with Crippen LogP contribution in [0.15, 0.2) is 30.3 Å². The monoisotopic (exact) mass is 292 g/mol. The number of halogens is 1. The topological polar surface area (TPSA) is 68.3 Å². The van der Waals surface area contributed by atoms with Crippen LogP contribution in [0.1, 0.15) is 17.4 Å². The first-order valence-electron chi connectivity index (χ1n) is 6.11. The van der Waals surface area contributed by atoms with Crippen LogP contribution in [0.2, 0.25) is 5.15 Å². The quantitative estimate of drug-likeness (QED) is 0.693. The third-order valence-electron chi connectivity index (χ3n) is 2.63. The fourth-order valence-electron chi connectivity index (χ4n) is 1.73. The number of aromatic nitrogens is 1. The second-order valence-corrected chi connectivity index (χ2v) is 4.37. The van der Waals surface area contributed by atoms with Crippen LogP contribution in [0.3, 0.4) is 0 Å². The smallest absolute Gasteiger partial charge is 0.325 e.